The van der Waals surface area contributed by atoms with E-state index in [0.717, 1.165) is 21.9 Å². The number of aryl methyl sites for hydroxylation is 1. The van der Waals surface area contributed by atoms with E-state index in [1.165, 1.54) is 0 Å². The van der Waals surface area contributed by atoms with Crippen LogP contribution >= 0.6 is 11.6 Å². The van der Waals surface area contributed by atoms with E-state index in [0.29, 0.717) is 17.1 Å². The Bertz CT molecular complexity index is 1100. The van der Waals surface area contributed by atoms with Crippen molar-refractivity contribution in [2.75, 3.05) is 5.73 Å². The van der Waals surface area contributed by atoms with E-state index in [1.54, 1.807) is 6.07 Å². The fraction of sp³-hybridized carbons (Fsp3) is 0.111. The third-order valence-electron chi connectivity index (χ3n) is 4.23. The van der Waals surface area contributed by atoms with Gasteiger partial charge in [0, 0.05) is 23.8 Å². The summed E-state index contributed by atoms with van der Waals surface area (Å²) in [6.45, 7) is 0.576. The fourth-order valence-corrected chi connectivity index (χ4v) is 3.36. The number of hydrogen-bond acceptors (Lipinski definition) is 2. The molecule has 114 valence electrons. The summed E-state index contributed by atoms with van der Waals surface area (Å²) >= 11 is 6.06. The van der Waals surface area contributed by atoms with Crippen molar-refractivity contribution in [2.24, 2.45) is 7.05 Å². The highest BCUT2D eigenvalue weighted by Crippen LogP contribution is 2.24. The van der Waals surface area contributed by atoms with E-state index in [9.17, 15) is 4.79 Å². The zero-order valence-corrected chi connectivity index (χ0v) is 13.3. The number of rotatable bonds is 2. The standard InChI is InChI=1S/C18H14ClN3O/c1-21-6-5-12-10-22(9-11-3-2-4-13(19)7-11)17-16(12)15(21)8-14(20)18(17)23/h2-8,10,20H,9H2,1H3/p+1. The number of aromatic nitrogens is 2. The lowest BCUT2D eigenvalue weighted by molar-refractivity contribution is -0.659. The van der Waals surface area contributed by atoms with Gasteiger partial charge in [0.2, 0.25) is 0 Å². The van der Waals surface area contributed by atoms with Crippen LogP contribution in [0.5, 0.6) is 0 Å². The number of nitrogens with zero attached hydrogens (tertiary/aromatic N) is 2. The molecule has 0 atom stereocenters. The maximum absolute atomic E-state index is 12.6. The molecule has 2 aromatic carbocycles. The minimum absolute atomic E-state index is 0.124. The lowest BCUT2D eigenvalue weighted by atomic mass is 10.1. The smallest absolute Gasteiger partial charge is 0.273 e. The zero-order chi connectivity index (χ0) is 16.1. The van der Waals surface area contributed by atoms with Crippen LogP contribution in [0.15, 0.2) is 53.6 Å². The van der Waals surface area contributed by atoms with Crippen molar-refractivity contribution in [1.29, 1.82) is 0 Å². The van der Waals surface area contributed by atoms with Gasteiger partial charge in [-0.1, -0.05) is 23.7 Å². The molecule has 2 N–H and O–H groups in total. The van der Waals surface area contributed by atoms with E-state index in [2.05, 4.69) is 0 Å². The minimum atomic E-state index is -0.124. The Morgan fingerprint density at radius 2 is 2.09 bits per heavy atom. The minimum Gasteiger partial charge on any atom is -0.395 e. The third kappa shape index (κ3) is 2.14. The van der Waals surface area contributed by atoms with Crippen molar-refractivity contribution in [1.82, 2.24) is 4.57 Å². The van der Waals surface area contributed by atoms with Gasteiger partial charge < -0.3 is 10.3 Å². The van der Waals surface area contributed by atoms with Gasteiger partial charge in [0.25, 0.3) is 10.9 Å². The third-order valence-corrected chi connectivity index (χ3v) is 4.47. The van der Waals surface area contributed by atoms with Crippen LogP contribution < -0.4 is 15.7 Å². The maximum Gasteiger partial charge on any atom is 0.273 e. The van der Waals surface area contributed by atoms with Gasteiger partial charge in [-0.05, 0) is 24.3 Å². The second kappa shape index (κ2) is 4.96. The molecule has 0 unspecified atom stereocenters. The van der Waals surface area contributed by atoms with Gasteiger partial charge in [-0.25, -0.2) is 0 Å². The molecular formula is C18H15ClN3O+. The van der Waals surface area contributed by atoms with E-state index in [1.807, 2.05) is 58.9 Å². The predicted molar refractivity (Wildman–Crippen MR) is 93.0 cm³/mol. The molecule has 4 aromatic rings. The van der Waals surface area contributed by atoms with Gasteiger partial charge in [-0.2, -0.15) is 4.57 Å². The first-order valence-corrected chi connectivity index (χ1v) is 7.70. The SMILES string of the molecule is Cn1ccc2c[n+](Cc3cccc(Cl)c3)c3c(=O)c(N)cc1c23. The predicted octanol–water partition coefficient (Wildman–Crippen LogP) is 2.70. The summed E-state index contributed by atoms with van der Waals surface area (Å²) in [5, 5.41) is 2.68. The molecule has 0 saturated heterocycles. The van der Waals surface area contributed by atoms with Crippen LogP contribution in [-0.4, -0.2) is 4.57 Å². The number of nitrogens with two attached hydrogens (primary N) is 1. The molecule has 0 bridgehead atoms. The highest BCUT2D eigenvalue weighted by Gasteiger charge is 2.23. The number of nitrogen functional groups attached to an aromatic ring is 1. The molecule has 23 heavy (non-hydrogen) atoms. The maximum atomic E-state index is 12.6. The average Bonchev–Trinajstić information content (AvgIpc) is 2.87. The van der Waals surface area contributed by atoms with Crippen LogP contribution in [-0.2, 0) is 13.6 Å². The quantitative estimate of drug-likeness (QED) is 0.455. The number of anilines is 1. The Kier molecular flexibility index (Phi) is 3.03. The first kappa shape index (κ1) is 14.0. The molecule has 2 heterocycles. The first-order valence-electron chi connectivity index (χ1n) is 7.32. The Balaban J connectivity index is 2.03. The van der Waals surface area contributed by atoms with Crippen LogP contribution in [0.1, 0.15) is 5.56 Å². The Hall–Kier alpha value is -2.59. The average molecular weight is 325 g/mol. The summed E-state index contributed by atoms with van der Waals surface area (Å²) in [5.41, 5.74) is 8.74. The second-order valence-electron chi connectivity index (χ2n) is 5.81. The highest BCUT2D eigenvalue weighted by molar-refractivity contribution is 6.30. The largest absolute Gasteiger partial charge is 0.395 e. The van der Waals surface area contributed by atoms with E-state index in [4.69, 9.17) is 17.3 Å². The first-order chi connectivity index (χ1) is 11.0. The van der Waals surface area contributed by atoms with Gasteiger partial charge in [0.1, 0.15) is 0 Å². The van der Waals surface area contributed by atoms with Gasteiger partial charge in [-0.3, -0.25) is 4.79 Å². The lowest BCUT2D eigenvalue weighted by Gasteiger charge is -2.04. The summed E-state index contributed by atoms with van der Waals surface area (Å²) in [4.78, 5) is 12.6. The van der Waals surface area contributed by atoms with Gasteiger partial charge in [-0.15, -0.1) is 0 Å². The summed E-state index contributed by atoms with van der Waals surface area (Å²) in [5.74, 6) is 0. The number of hydrogen-bond donors (Lipinski definition) is 1. The van der Waals surface area contributed by atoms with E-state index >= 15 is 0 Å². The monoisotopic (exact) mass is 324 g/mol. The molecule has 0 spiro atoms. The molecule has 0 fully saturated rings. The van der Waals surface area contributed by atoms with Gasteiger partial charge in [0.15, 0.2) is 12.7 Å². The molecule has 0 saturated carbocycles. The molecule has 4 nitrogen and oxygen atoms in total. The Morgan fingerprint density at radius 1 is 1.26 bits per heavy atom. The summed E-state index contributed by atoms with van der Waals surface area (Å²) < 4.78 is 3.94. The summed E-state index contributed by atoms with van der Waals surface area (Å²) in [6, 6.07) is 11.4. The van der Waals surface area contributed by atoms with Gasteiger partial charge >= 0.3 is 0 Å². The highest BCUT2D eigenvalue weighted by atomic mass is 35.5. The Morgan fingerprint density at radius 3 is 2.87 bits per heavy atom. The lowest BCUT2D eigenvalue weighted by Crippen LogP contribution is -2.36. The van der Waals surface area contributed by atoms with Crippen molar-refractivity contribution < 1.29 is 4.57 Å². The van der Waals surface area contributed by atoms with Crippen molar-refractivity contribution in [2.45, 2.75) is 6.54 Å². The molecule has 0 aliphatic carbocycles. The number of pyridine rings is 1. The summed E-state index contributed by atoms with van der Waals surface area (Å²) in [6.07, 6.45) is 3.98. The zero-order valence-electron chi connectivity index (χ0n) is 12.6. The van der Waals surface area contributed by atoms with E-state index in [-0.39, 0.29) is 11.1 Å². The molecular weight excluding hydrogens is 310 g/mol. The molecule has 5 heteroatoms. The topological polar surface area (TPSA) is 51.9 Å². The van der Waals surface area contributed by atoms with Crippen LogP contribution in [0.25, 0.3) is 21.8 Å². The molecule has 4 rings (SSSR count). The van der Waals surface area contributed by atoms with Crippen LogP contribution in [0.3, 0.4) is 0 Å². The second-order valence-corrected chi connectivity index (χ2v) is 6.24. The van der Waals surface area contributed by atoms with Crippen molar-refractivity contribution in [3.8, 4) is 0 Å². The molecule has 0 radical (unpaired) electrons. The molecule has 2 aromatic heterocycles. The molecule has 0 aliphatic rings. The van der Waals surface area contributed by atoms with Crippen LogP contribution in [0.2, 0.25) is 5.02 Å². The fourth-order valence-electron chi connectivity index (χ4n) is 3.15. The normalized spacial score (nSPS) is 11.6. The summed E-state index contributed by atoms with van der Waals surface area (Å²) in [7, 11) is 1.95. The number of benzene rings is 2. The van der Waals surface area contributed by atoms with Crippen LogP contribution in [0.4, 0.5) is 5.69 Å². The van der Waals surface area contributed by atoms with Crippen molar-refractivity contribution in [3.05, 3.63) is 69.6 Å². The molecule has 0 aliphatic heterocycles. The van der Waals surface area contributed by atoms with Gasteiger partial charge in [0.05, 0.1) is 22.0 Å². The van der Waals surface area contributed by atoms with Crippen molar-refractivity contribution in [3.63, 3.8) is 0 Å². The number of halogens is 1. The van der Waals surface area contributed by atoms with Crippen molar-refractivity contribution >= 4 is 39.1 Å². The Labute approximate surface area is 137 Å². The molecule has 0 amide bonds. The van der Waals surface area contributed by atoms with E-state index < -0.39 is 0 Å². The van der Waals surface area contributed by atoms with Crippen LogP contribution in [0, 0.1) is 0 Å².